The highest BCUT2D eigenvalue weighted by Gasteiger charge is 2.82. The van der Waals surface area contributed by atoms with Crippen LogP contribution in [-0.2, 0) is 33.4 Å². The molecule has 0 aliphatic carbocycles. The molecule has 0 N–H and O–H groups in total. The number of benzene rings is 1. The highest BCUT2D eigenvalue weighted by molar-refractivity contribution is 6.66. The minimum Gasteiger partial charge on any atom is -0.594 e. The fraction of sp³-hybridized carbons (Fsp3) is 0.412. The monoisotopic (exact) mass is 374 g/mol. The lowest BCUT2D eigenvalue weighted by Crippen LogP contribution is -2.60. The number of hydrogen-bond donors (Lipinski definition) is 0. The Kier molecular flexibility index (Phi) is 3.03. The molecule has 1 aromatic rings. The number of methoxy groups -OCH3 is 2. The molecule has 2 bridgehead atoms. The van der Waals surface area contributed by atoms with Gasteiger partial charge >= 0.3 is 17.7 Å². The number of hydroxylamine groups is 1. The molecule has 1 aromatic carbocycles. The molecular weight excluding hydrogens is 360 g/mol. The van der Waals surface area contributed by atoms with E-state index >= 15 is 0 Å². The molecule has 4 aliphatic heterocycles. The highest BCUT2D eigenvalue weighted by Crippen LogP contribution is 2.63. The quantitative estimate of drug-likeness (QED) is 0.294. The first-order chi connectivity index (χ1) is 13.0. The van der Waals surface area contributed by atoms with Crippen molar-refractivity contribution in [1.29, 1.82) is 0 Å². The summed E-state index contributed by atoms with van der Waals surface area (Å²) >= 11 is 0. The van der Waals surface area contributed by atoms with E-state index in [4.69, 9.17) is 14.3 Å². The third-order valence-corrected chi connectivity index (χ3v) is 5.68. The van der Waals surface area contributed by atoms with Crippen LogP contribution in [0.1, 0.15) is 23.3 Å². The minimum atomic E-state index is -2.14. The summed E-state index contributed by atoms with van der Waals surface area (Å²) in [7, 11) is 2.13. The second-order valence-electron chi connectivity index (χ2n) is 6.68. The van der Waals surface area contributed by atoms with Crippen molar-refractivity contribution in [3.8, 4) is 0 Å². The van der Waals surface area contributed by atoms with Gasteiger partial charge in [-0.2, -0.15) is 0 Å². The number of Topliss-reactive ketones (excluding diaryl/α,β-unsaturated/α-hetero) is 1. The van der Waals surface area contributed by atoms with Crippen molar-refractivity contribution in [2.75, 3.05) is 14.2 Å². The van der Waals surface area contributed by atoms with E-state index in [-0.39, 0.29) is 4.85 Å². The molecule has 0 saturated carbocycles. The number of ketones is 1. The van der Waals surface area contributed by atoms with Crippen LogP contribution in [0, 0.1) is 11.1 Å². The summed E-state index contributed by atoms with van der Waals surface area (Å²) in [6.45, 7) is 0. The number of hydrazone groups is 1. The molecule has 5 atom stereocenters. The number of ether oxygens (including phenoxy) is 3. The van der Waals surface area contributed by atoms with Gasteiger partial charge in [-0.3, -0.25) is 4.79 Å². The van der Waals surface area contributed by atoms with Crippen LogP contribution in [-0.4, -0.2) is 59.3 Å². The van der Waals surface area contributed by atoms with Gasteiger partial charge in [0.05, 0.1) is 26.2 Å². The zero-order chi connectivity index (χ0) is 19.1. The van der Waals surface area contributed by atoms with Crippen LogP contribution in [0.3, 0.4) is 0 Å². The first-order valence-electron chi connectivity index (χ1n) is 8.25. The maximum absolute atomic E-state index is 13.2. The van der Waals surface area contributed by atoms with Crippen molar-refractivity contribution >= 4 is 23.4 Å². The Balaban J connectivity index is 1.70. The number of hydrogen-bond acceptors (Lipinski definition) is 9. The van der Waals surface area contributed by atoms with Crippen LogP contribution in [0.4, 0.5) is 0 Å². The summed E-state index contributed by atoms with van der Waals surface area (Å²) in [5.74, 6) is -4.01. The smallest absolute Gasteiger partial charge is 0.411 e. The van der Waals surface area contributed by atoms with E-state index in [9.17, 15) is 19.6 Å². The van der Waals surface area contributed by atoms with E-state index in [2.05, 4.69) is 4.74 Å². The fourth-order valence-electron chi connectivity index (χ4n) is 4.64. The second kappa shape index (κ2) is 5.05. The molecule has 4 aliphatic rings. The van der Waals surface area contributed by atoms with Crippen molar-refractivity contribution in [2.24, 2.45) is 5.92 Å². The highest BCUT2D eigenvalue weighted by atomic mass is 16.8. The van der Waals surface area contributed by atoms with Gasteiger partial charge in [-0.1, -0.05) is 24.3 Å². The van der Waals surface area contributed by atoms with Gasteiger partial charge < -0.3 is 19.4 Å². The summed E-state index contributed by atoms with van der Waals surface area (Å²) in [5, 5.41) is 13.3. The third-order valence-electron chi connectivity index (χ3n) is 5.68. The first kappa shape index (κ1) is 16.2. The van der Waals surface area contributed by atoms with E-state index in [0.29, 0.717) is 5.17 Å². The molecule has 0 aromatic heterocycles. The summed E-state index contributed by atoms with van der Waals surface area (Å²) in [5.41, 5.74) is -1.28. The molecule has 5 rings (SSSR count). The fourth-order valence-corrected chi connectivity index (χ4v) is 4.64. The molecule has 0 radical (unpaired) electrons. The Morgan fingerprint density at radius 3 is 2.48 bits per heavy atom. The van der Waals surface area contributed by atoms with Crippen molar-refractivity contribution in [2.45, 2.75) is 23.9 Å². The molecule has 140 valence electrons. The van der Waals surface area contributed by atoms with Gasteiger partial charge in [0.15, 0.2) is 0 Å². The SMILES string of the molecule is COC(=O)C1=[N+]([O-])N2O[C@H]3[C@H]([C@H]4O[C@@H]3c3ccccc34)[C@]2(C(=O)OC)C1=O. The summed E-state index contributed by atoms with van der Waals surface area (Å²) in [6.07, 6.45) is -1.94. The molecule has 2 fully saturated rings. The zero-order valence-corrected chi connectivity index (χ0v) is 14.3. The van der Waals surface area contributed by atoms with Gasteiger partial charge in [0.25, 0.3) is 11.3 Å². The van der Waals surface area contributed by atoms with E-state index in [1.165, 1.54) is 0 Å². The number of hydrazine groups is 1. The summed E-state index contributed by atoms with van der Waals surface area (Å²) in [6, 6.07) is 7.37. The third kappa shape index (κ3) is 1.59. The van der Waals surface area contributed by atoms with Crippen molar-refractivity contribution in [3.05, 3.63) is 40.6 Å². The Morgan fingerprint density at radius 2 is 1.85 bits per heavy atom. The van der Waals surface area contributed by atoms with Gasteiger partial charge in [-0.05, 0) is 21.1 Å². The van der Waals surface area contributed by atoms with Gasteiger partial charge in [0.1, 0.15) is 12.2 Å². The molecule has 2 saturated heterocycles. The van der Waals surface area contributed by atoms with Crippen molar-refractivity contribution < 1.29 is 38.3 Å². The largest absolute Gasteiger partial charge is 0.594 e. The predicted molar refractivity (Wildman–Crippen MR) is 83.6 cm³/mol. The lowest BCUT2D eigenvalue weighted by Gasteiger charge is -2.29. The van der Waals surface area contributed by atoms with Gasteiger partial charge in [0, 0.05) is 0 Å². The standard InChI is InChI=1S/C17H14N2O8/c1-24-15(21)10-14(20)17(16(22)25-2)9-11-7-5-3-4-6-8(7)12(26-11)13(9)27-19(17)18(10)23/h3-6,9,11-13H,1-2H3/t9-,11-,12+,13-,17+/m0/s1. The number of nitrogens with zero attached hydrogens (tertiary/aromatic N) is 2. The lowest BCUT2D eigenvalue weighted by atomic mass is 9.69. The predicted octanol–water partition coefficient (Wildman–Crippen LogP) is -0.422. The van der Waals surface area contributed by atoms with Gasteiger partial charge in [-0.15, -0.1) is 0 Å². The maximum Gasteiger partial charge on any atom is 0.411 e. The van der Waals surface area contributed by atoms with E-state index in [1.54, 1.807) is 0 Å². The van der Waals surface area contributed by atoms with Crippen LogP contribution >= 0.6 is 0 Å². The number of carbonyl (C=O) groups excluding carboxylic acids is 3. The molecule has 0 amide bonds. The van der Waals surface area contributed by atoms with E-state index < -0.39 is 53.2 Å². The Labute approximate surface area is 152 Å². The average molecular weight is 374 g/mol. The first-order valence-corrected chi connectivity index (χ1v) is 8.25. The summed E-state index contributed by atoms with van der Waals surface area (Å²) in [4.78, 5) is 43.7. The Morgan fingerprint density at radius 1 is 1.19 bits per heavy atom. The molecule has 0 unspecified atom stereocenters. The molecule has 27 heavy (non-hydrogen) atoms. The molecule has 0 spiro atoms. The average Bonchev–Trinajstić information content (AvgIpc) is 3.38. The number of carbonyl (C=O) groups is 3. The topological polar surface area (TPSA) is 117 Å². The number of rotatable bonds is 2. The Bertz CT molecular complexity index is 943. The second-order valence-corrected chi connectivity index (χ2v) is 6.68. The van der Waals surface area contributed by atoms with E-state index in [1.807, 2.05) is 24.3 Å². The van der Waals surface area contributed by atoms with Crippen molar-refractivity contribution in [1.82, 2.24) is 5.17 Å². The maximum atomic E-state index is 13.2. The molecule has 4 heterocycles. The van der Waals surface area contributed by atoms with Crippen LogP contribution in [0.5, 0.6) is 0 Å². The van der Waals surface area contributed by atoms with E-state index in [0.717, 1.165) is 25.3 Å². The molecular formula is C17H14N2O8. The molecule has 10 nitrogen and oxygen atoms in total. The minimum absolute atomic E-state index is 0.0203. The van der Waals surface area contributed by atoms with Crippen LogP contribution in [0.25, 0.3) is 0 Å². The molecule has 10 heteroatoms. The van der Waals surface area contributed by atoms with Gasteiger partial charge in [0.2, 0.25) is 0 Å². The van der Waals surface area contributed by atoms with Gasteiger partial charge in [-0.25, -0.2) is 14.4 Å². The summed E-state index contributed by atoms with van der Waals surface area (Å²) < 4.78 is 15.4. The van der Waals surface area contributed by atoms with Crippen LogP contribution < -0.4 is 0 Å². The Hall–Kier alpha value is -2.98. The van der Waals surface area contributed by atoms with Crippen LogP contribution in [0.2, 0.25) is 0 Å². The lowest BCUT2D eigenvalue weighted by molar-refractivity contribution is -0.717. The normalized spacial score (nSPS) is 35.2. The number of esters is 2. The number of fused-ring (bicyclic) bond motifs is 10. The zero-order valence-electron chi connectivity index (χ0n) is 14.3. The van der Waals surface area contributed by atoms with Crippen LogP contribution in [0.15, 0.2) is 24.3 Å². The van der Waals surface area contributed by atoms with Crippen molar-refractivity contribution in [3.63, 3.8) is 0 Å².